The molecule has 2 aliphatic rings. The predicted octanol–water partition coefficient (Wildman–Crippen LogP) is 3.97. The molecular formula is C23H20N2O2. The first-order chi connectivity index (χ1) is 13.2. The molecule has 1 heterocycles. The van der Waals surface area contributed by atoms with Crippen LogP contribution in [-0.2, 0) is 16.0 Å². The second kappa shape index (κ2) is 7.13. The highest BCUT2D eigenvalue weighted by Crippen LogP contribution is 2.43. The number of carbonyl (C=O) groups excluding carboxylic acids is 1. The summed E-state index contributed by atoms with van der Waals surface area (Å²) in [5, 5.41) is 9.61. The van der Waals surface area contributed by atoms with E-state index in [1.807, 2.05) is 60.7 Å². The highest BCUT2D eigenvalue weighted by Gasteiger charge is 2.40. The number of carbonyl (C=O) groups is 1. The Morgan fingerprint density at radius 3 is 2.37 bits per heavy atom. The number of benzene rings is 2. The number of ketones is 1. The fraction of sp³-hybridized carbons (Fsp3) is 0.217. The van der Waals surface area contributed by atoms with E-state index in [-0.39, 0.29) is 23.5 Å². The first-order valence-electron chi connectivity index (χ1n) is 9.10. The second-order valence-electron chi connectivity index (χ2n) is 7.01. The van der Waals surface area contributed by atoms with Gasteiger partial charge in [-0.3, -0.25) is 4.79 Å². The summed E-state index contributed by atoms with van der Waals surface area (Å²) in [6.07, 6.45) is 1.61. The number of hydrogen-bond acceptors (Lipinski definition) is 4. The zero-order valence-electron chi connectivity index (χ0n) is 14.9. The molecule has 0 unspecified atom stereocenters. The van der Waals surface area contributed by atoms with Crippen molar-refractivity contribution in [1.82, 2.24) is 0 Å². The average Bonchev–Trinajstić information content (AvgIpc) is 2.69. The third kappa shape index (κ3) is 3.24. The van der Waals surface area contributed by atoms with Gasteiger partial charge in [0.25, 0.3) is 0 Å². The first kappa shape index (κ1) is 17.1. The van der Waals surface area contributed by atoms with Crippen LogP contribution in [0, 0.1) is 17.2 Å². The van der Waals surface area contributed by atoms with Crippen molar-refractivity contribution in [3.05, 3.63) is 94.6 Å². The zero-order valence-corrected chi connectivity index (χ0v) is 14.9. The van der Waals surface area contributed by atoms with Gasteiger partial charge < -0.3 is 10.5 Å². The highest BCUT2D eigenvalue weighted by atomic mass is 16.5. The number of nitrogens with zero attached hydrogens (tertiary/aromatic N) is 1. The van der Waals surface area contributed by atoms with E-state index in [9.17, 15) is 10.1 Å². The molecule has 2 atom stereocenters. The molecule has 2 aromatic rings. The Morgan fingerprint density at radius 2 is 1.70 bits per heavy atom. The number of Topliss-reactive ketones (excluding diaryl/α,β-unsaturated/α-hetero) is 1. The van der Waals surface area contributed by atoms with E-state index in [4.69, 9.17) is 10.5 Å². The van der Waals surface area contributed by atoms with E-state index in [1.54, 1.807) is 0 Å². The lowest BCUT2D eigenvalue weighted by atomic mass is 9.74. The van der Waals surface area contributed by atoms with Crippen LogP contribution in [0.4, 0.5) is 0 Å². The second-order valence-corrected chi connectivity index (χ2v) is 7.01. The van der Waals surface area contributed by atoms with E-state index in [1.165, 1.54) is 0 Å². The Kier molecular flexibility index (Phi) is 4.52. The molecule has 4 nitrogen and oxygen atoms in total. The smallest absolute Gasteiger partial charge is 0.204 e. The third-order valence-electron chi connectivity index (χ3n) is 5.33. The molecule has 4 rings (SSSR count). The van der Waals surface area contributed by atoms with Crippen LogP contribution < -0.4 is 5.73 Å². The van der Waals surface area contributed by atoms with Crippen molar-refractivity contribution in [3.63, 3.8) is 0 Å². The molecule has 134 valence electrons. The van der Waals surface area contributed by atoms with E-state index >= 15 is 0 Å². The molecule has 2 aromatic carbocycles. The molecule has 0 bridgehead atoms. The zero-order chi connectivity index (χ0) is 18.8. The normalized spacial score (nSPS) is 22.1. The molecule has 1 aliphatic carbocycles. The number of rotatable bonds is 3. The molecule has 1 aliphatic heterocycles. The molecule has 0 spiro atoms. The maximum absolute atomic E-state index is 13.1. The molecule has 27 heavy (non-hydrogen) atoms. The lowest BCUT2D eigenvalue weighted by molar-refractivity contribution is -0.117. The largest absolute Gasteiger partial charge is 0.444 e. The van der Waals surface area contributed by atoms with Gasteiger partial charge >= 0.3 is 0 Å². The van der Waals surface area contributed by atoms with Crippen molar-refractivity contribution >= 4 is 5.78 Å². The van der Waals surface area contributed by atoms with E-state index in [0.717, 1.165) is 11.1 Å². The minimum absolute atomic E-state index is 0.0475. The van der Waals surface area contributed by atoms with Gasteiger partial charge in [0.2, 0.25) is 5.88 Å². The van der Waals surface area contributed by atoms with E-state index in [0.29, 0.717) is 36.2 Å². The Balaban J connectivity index is 1.71. The number of nitriles is 1. The average molecular weight is 356 g/mol. The summed E-state index contributed by atoms with van der Waals surface area (Å²) in [5.74, 6) is 0.527. The Bertz CT molecular complexity index is 968. The Morgan fingerprint density at radius 1 is 1.04 bits per heavy atom. The van der Waals surface area contributed by atoms with Gasteiger partial charge in [0.05, 0.1) is 5.57 Å². The minimum Gasteiger partial charge on any atom is -0.444 e. The molecular weight excluding hydrogens is 336 g/mol. The van der Waals surface area contributed by atoms with Crippen molar-refractivity contribution in [2.45, 2.75) is 25.2 Å². The highest BCUT2D eigenvalue weighted by molar-refractivity contribution is 5.99. The summed E-state index contributed by atoms with van der Waals surface area (Å²) < 4.78 is 5.78. The van der Waals surface area contributed by atoms with Gasteiger partial charge in [-0.2, -0.15) is 5.26 Å². The fourth-order valence-electron chi connectivity index (χ4n) is 4.03. The van der Waals surface area contributed by atoms with Crippen LogP contribution in [0.25, 0.3) is 0 Å². The van der Waals surface area contributed by atoms with E-state index in [2.05, 4.69) is 6.07 Å². The SMILES string of the molecule is N#CC1=C(N)OC2=C(C(=O)C[C@H](c3ccccc3)C2)[C@@H]1Cc1ccccc1. The molecule has 4 heteroatoms. The van der Waals surface area contributed by atoms with Crippen LogP contribution in [0.1, 0.15) is 29.9 Å². The standard InChI is InChI=1S/C23H20N2O2/c24-14-19-18(11-15-7-3-1-4-8-15)22-20(26)12-17(13-21(22)27-23(19)25)16-9-5-2-6-10-16/h1-10,17-18H,11-13,25H2/t17-,18+/m0/s1. The van der Waals surface area contributed by atoms with Crippen LogP contribution in [0.5, 0.6) is 0 Å². The number of allylic oxidation sites excluding steroid dienone is 3. The van der Waals surface area contributed by atoms with E-state index < -0.39 is 0 Å². The molecule has 2 N–H and O–H groups in total. The van der Waals surface area contributed by atoms with Crippen molar-refractivity contribution in [2.24, 2.45) is 11.7 Å². The summed E-state index contributed by atoms with van der Waals surface area (Å²) in [4.78, 5) is 13.1. The number of hydrogen-bond donors (Lipinski definition) is 1. The summed E-state index contributed by atoms with van der Waals surface area (Å²) in [7, 11) is 0. The molecule has 0 aromatic heterocycles. The first-order valence-corrected chi connectivity index (χ1v) is 9.10. The number of nitrogens with two attached hydrogens (primary N) is 1. The molecule has 0 radical (unpaired) electrons. The monoisotopic (exact) mass is 356 g/mol. The molecule has 0 saturated carbocycles. The maximum Gasteiger partial charge on any atom is 0.204 e. The van der Waals surface area contributed by atoms with Gasteiger partial charge in [0.1, 0.15) is 11.8 Å². The van der Waals surface area contributed by atoms with Crippen molar-refractivity contribution in [2.75, 3.05) is 0 Å². The summed E-state index contributed by atoms with van der Waals surface area (Å²) in [6.45, 7) is 0. The minimum atomic E-state index is -0.342. The predicted molar refractivity (Wildman–Crippen MR) is 102 cm³/mol. The quantitative estimate of drug-likeness (QED) is 0.903. The molecule has 0 fully saturated rings. The topological polar surface area (TPSA) is 76.1 Å². The van der Waals surface area contributed by atoms with Gasteiger partial charge in [0, 0.05) is 24.3 Å². The Labute approximate surface area is 158 Å². The number of ether oxygens (including phenoxy) is 1. The summed E-state index contributed by atoms with van der Waals surface area (Å²) in [6, 6.07) is 22.0. The molecule has 0 saturated heterocycles. The lowest BCUT2D eigenvalue weighted by Crippen LogP contribution is -2.31. The third-order valence-corrected chi connectivity index (χ3v) is 5.33. The van der Waals surface area contributed by atoms with Gasteiger partial charge in [-0.25, -0.2) is 0 Å². The fourth-order valence-corrected chi connectivity index (χ4v) is 4.03. The van der Waals surface area contributed by atoms with Gasteiger partial charge in [0.15, 0.2) is 5.78 Å². The van der Waals surface area contributed by atoms with Gasteiger partial charge in [-0.1, -0.05) is 60.7 Å². The van der Waals surface area contributed by atoms with Crippen LogP contribution in [0.3, 0.4) is 0 Å². The lowest BCUT2D eigenvalue weighted by Gasteiger charge is -2.34. The summed E-state index contributed by atoms with van der Waals surface area (Å²) >= 11 is 0. The van der Waals surface area contributed by atoms with Gasteiger partial charge in [-0.05, 0) is 23.5 Å². The Hall–Kier alpha value is -3.32. The van der Waals surface area contributed by atoms with Crippen molar-refractivity contribution in [1.29, 1.82) is 5.26 Å². The van der Waals surface area contributed by atoms with Crippen molar-refractivity contribution < 1.29 is 9.53 Å². The van der Waals surface area contributed by atoms with Crippen molar-refractivity contribution in [3.8, 4) is 6.07 Å². The van der Waals surface area contributed by atoms with Gasteiger partial charge in [-0.15, -0.1) is 0 Å². The van der Waals surface area contributed by atoms with Crippen LogP contribution >= 0.6 is 0 Å². The molecule has 0 amide bonds. The summed E-state index contributed by atoms with van der Waals surface area (Å²) in [5.41, 5.74) is 9.22. The van der Waals surface area contributed by atoms with Crippen LogP contribution in [-0.4, -0.2) is 5.78 Å². The maximum atomic E-state index is 13.1. The van der Waals surface area contributed by atoms with Crippen LogP contribution in [0.2, 0.25) is 0 Å². The van der Waals surface area contributed by atoms with Crippen LogP contribution in [0.15, 0.2) is 83.5 Å².